The maximum atomic E-state index is 6.99. The summed E-state index contributed by atoms with van der Waals surface area (Å²) < 4.78 is 13.7. The van der Waals surface area contributed by atoms with E-state index in [2.05, 4.69) is 199 Å². The van der Waals surface area contributed by atoms with E-state index in [4.69, 9.17) is 13.8 Å². The molecule has 3 aromatic heterocycles. The van der Waals surface area contributed by atoms with Gasteiger partial charge in [0.2, 0.25) is 0 Å². The van der Waals surface area contributed by atoms with Crippen molar-refractivity contribution in [3.05, 3.63) is 220 Å². The summed E-state index contributed by atoms with van der Waals surface area (Å²) in [6.07, 6.45) is 3.70. The van der Waals surface area contributed by atoms with Crippen LogP contribution in [0, 0.1) is 0 Å². The lowest BCUT2D eigenvalue weighted by Gasteiger charge is -2.31. The summed E-state index contributed by atoms with van der Waals surface area (Å²) in [4.78, 5) is 5.04. The number of para-hydroxylation sites is 2. The van der Waals surface area contributed by atoms with Gasteiger partial charge in [0.15, 0.2) is 0 Å². The summed E-state index contributed by atoms with van der Waals surface area (Å²) in [5, 5.41) is 4.81. The third-order valence-electron chi connectivity index (χ3n) is 16.5. The van der Waals surface area contributed by atoms with Crippen molar-refractivity contribution >= 4 is 43.9 Å². The van der Waals surface area contributed by atoms with Gasteiger partial charge in [-0.1, -0.05) is 175 Å². The highest BCUT2D eigenvalue weighted by molar-refractivity contribution is 6.21. The molecule has 11 aromatic rings. The monoisotopic (exact) mass is 877 g/mol. The second-order valence-electron chi connectivity index (χ2n) is 21.4. The standard InChI is InChI=1S/C65H51NO2/c1-63(2)48-34-37(27-29-42(48)54-50(63)36-46(39-18-8-7-9-19-39)61-56(54)44-21-11-14-25-52(44)67-61)32-40(51-24-16-17-31-66-51)33-38-28-30-43-49(35-38)65(5,6)60-58(43)62-57(45-22-12-15-26-53(45)68-62)55-41-20-10-13-23-47(41)64(3,4)59(55)60/h7-31,34-36,40H,32-33H2,1-6H3. The van der Waals surface area contributed by atoms with Crippen molar-refractivity contribution in [1.82, 2.24) is 4.98 Å². The Hall–Kier alpha value is -7.49. The predicted molar refractivity (Wildman–Crippen MR) is 280 cm³/mol. The molecule has 8 aromatic carbocycles. The Morgan fingerprint density at radius 1 is 0.426 bits per heavy atom. The molecule has 0 saturated carbocycles. The Bertz CT molecular complexity index is 3940. The van der Waals surface area contributed by atoms with E-state index < -0.39 is 0 Å². The molecule has 1 atom stereocenters. The number of furan rings is 2. The maximum absolute atomic E-state index is 6.99. The highest BCUT2D eigenvalue weighted by Gasteiger charge is 2.48. The van der Waals surface area contributed by atoms with Crippen molar-refractivity contribution in [2.45, 2.75) is 76.5 Å². The molecular formula is C65H51NO2. The lowest BCUT2D eigenvalue weighted by atomic mass is 9.72. The second kappa shape index (κ2) is 13.8. The molecule has 328 valence electrons. The van der Waals surface area contributed by atoms with Crippen LogP contribution in [-0.2, 0) is 29.1 Å². The van der Waals surface area contributed by atoms with Gasteiger partial charge in [-0.15, -0.1) is 0 Å². The van der Waals surface area contributed by atoms with Crippen LogP contribution in [-0.4, -0.2) is 4.98 Å². The van der Waals surface area contributed by atoms with Gasteiger partial charge in [-0.25, -0.2) is 0 Å². The first kappa shape index (κ1) is 39.7. The van der Waals surface area contributed by atoms with E-state index in [0.717, 1.165) is 46.4 Å². The molecule has 3 heterocycles. The molecule has 3 nitrogen and oxygen atoms in total. The van der Waals surface area contributed by atoms with Crippen LogP contribution < -0.4 is 0 Å². The van der Waals surface area contributed by atoms with Crippen LogP contribution in [0.4, 0.5) is 0 Å². The Labute approximate surface area is 397 Å². The molecule has 68 heavy (non-hydrogen) atoms. The first-order valence-corrected chi connectivity index (χ1v) is 24.3. The molecule has 0 spiro atoms. The summed E-state index contributed by atoms with van der Waals surface area (Å²) in [7, 11) is 0. The molecule has 3 aliphatic carbocycles. The zero-order chi connectivity index (χ0) is 45.8. The summed E-state index contributed by atoms with van der Waals surface area (Å²) >= 11 is 0. The zero-order valence-corrected chi connectivity index (χ0v) is 39.4. The van der Waals surface area contributed by atoms with Gasteiger partial charge in [0, 0.05) is 66.7 Å². The normalized spacial score (nSPS) is 15.9. The van der Waals surface area contributed by atoms with Gasteiger partial charge < -0.3 is 8.83 Å². The average Bonchev–Trinajstić information content (AvgIpc) is 4.11. The lowest BCUT2D eigenvalue weighted by molar-refractivity contribution is 0.598. The third-order valence-corrected chi connectivity index (χ3v) is 16.5. The fourth-order valence-corrected chi connectivity index (χ4v) is 13.3. The van der Waals surface area contributed by atoms with E-state index in [0.29, 0.717) is 0 Å². The van der Waals surface area contributed by atoms with Gasteiger partial charge in [-0.3, -0.25) is 4.98 Å². The summed E-state index contributed by atoms with van der Waals surface area (Å²) in [6.45, 7) is 14.5. The van der Waals surface area contributed by atoms with E-state index in [1.165, 1.54) is 105 Å². The quantitative estimate of drug-likeness (QED) is 0.167. The van der Waals surface area contributed by atoms with E-state index in [1.54, 1.807) is 0 Å². The van der Waals surface area contributed by atoms with E-state index >= 15 is 0 Å². The average molecular weight is 878 g/mol. The summed E-state index contributed by atoms with van der Waals surface area (Å²) in [6, 6.07) is 60.3. The minimum absolute atomic E-state index is 0.167. The molecule has 3 heteroatoms. The van der Waals surface area contributed by atoms with E-state index in [-0.39, 0.29) is 22.2 Å². The Balaban J connectivity index is 0.879. The number of fused-ring (bicyclic) bond motifs is 19. The molecule has 3 aliphatic rings. The van der Waals surface area contributed by atoms with Crippen molar-refractivity contribution in [2.75, 3.05) is 0 Å². The van der Waals surface area contributed by atoms with Gasteiger partial charge >= 0.3 is 0 Å². The smallest absolute Gasteiger partial charge is 0.144 e. The molecular weight excluding hydrogens is 827 g/mol. The molecule has 0 radical (unpaired) electrons. The molecule has 0 bridgehead atoms. The largest absolute Gasteiger partial charge is 0.455 e. The molecule has 1 unspecified atom stereocenters. The third kappa shape index (κ3) is 5.28. The Morgan fingerprint density at radius 2 is 0.971 bits per heavy atom. The number of pyridine rings is 1. The first-order chi connectivity index (χ1) is 33.0. The van der Waals surface area contributed by atoms with Gasteiger partial charge in [0.25, 0.3) is 0 Å². The molecule has 0 amide bonds. The highest BCUT2D eigenvalue weighted by Crippen LogP contribution is 2.63. The minimum Gasteiger partial charge on any atom is -0.455 e. The first-order valence-electron chi connectivity index (χ1n) is 24.3. The Kier molecular flexibility index (Phi) is 8.05. The molecule has 0 saturated heterocycles. The van der Waals surface area contributed by atoms with Gasteiger partial charge in [-0.05, 0) is 121 Å². The van der Waals surface area contributed by atoms with Crippen LogP contribution in [0.1, 0.15) is 97.7 Å². The minimum atomic E-state index is -0.260. The lowest BCUT2D eigenvalue weighted by Crippen LogP contribution is -2.24. The highest BCUT2D eigenvalue weighted by atomic mass is 16.3. The van der Waals surface area contributed by atoms with Crippen LogP contribution in [0.2, 0.25) is 0 Å². The summed E-state index contributed by atoms with van der Waals surface area (Å²) in [5.41, 5.74) is 25.5. The van der Waals surface area contributed by atoms with E-state index in [1.807, 2.05) is 12.3 Å². The van der Waals surface area contributed by atoms with Crippen molar-refractivity contribution in [2.24, 2.45) is 0 Å². The van der Waals surface area contributed by atoms with Crippen molar-refractivity contribution in [3.8, 4) is 44.5 Å². The Morgan fingerprint density at radius 3 is 1.66 bits per heavy atom. The molecule has 0 N–H and O–H groups in total. The molecule has 0 aliphatic heterocycles. The van der Waals surface area contributed by atoms with Crippen molar-refractivity contribution < 1.29 is 8.83 Å². The number of hydrogen-bond donors (Lipinski definition) is 0. The number of aromatic nitrogens is 1. The van der Waals surface area contributed by atoms with Gasteiger partial charge in [0.05, 0.1) is 0 Å². The van der Waals surface area contributed by atoms with Gasteiger partial charge in [-0.2, -0.15) is 0 Å². The number of hydrogen-bond acceptors (Lipinski definition) is 3. The SMILES string of the molecule is CC1(C)c2cc(CC(Cc3ccc4c(c3)C(C)(C)c3c5c(c6c(oc7ccccc76)c3-4)-c3ccccc3C5(C)C)c3ccccn3)ccc2-c2c1cc(-c1ccccc1)c1oc3ccccc3c21. The molecule has 14 rings (SSSR count). The number of benzene rings is 8. The predicted octanol–water partition coefficient (Wildman–Crippen LogP) is 17.0. The van der Waals surface area contributed by atoms with Crippen LogP contribution in [0.15, 0.2) is 179 Å². The van der Waals surface area contributed by atoms with Gasteiger partial charge in [0.1, 0.15) is 22.3 Å². The maximum Gasteiger partial charge on any atom is 0.144 e. The fraction of sp³-hybridized carbons (Fsp3) is 0.185. The van der Waals surface area contributed by atoms with Crippen LogP contribution >= 0.6 is 0 Å². The second-order valence-corrected chi connectivity index (χ2v) is 21.4. The van der Waals surface area contributed by atoms with Crippen LogP contribution in [0.25, 0.3) is 88.4 Å². The number of rotatable bonds is 6. The van der Waals surface area contributed by atoms with Crippen molar-refractivity contribution in [1.29, 1.82) is 0 Å². The van der Waals surface area contributed by atoms with Crippen LogP contribution in [0.3, 0.4) is 0 Å². The number of nitrogens with zero attached hydrogens (tertiary/aromatic N) is 1. The summed E-state index contributed by atoms with van der Waals surface area (Å²) in [5.74, 6) is 0.167. The fourth-order valence-electron chi connectivity index (χ4n) is 13.3. The zero-order valence-electron chi connectivity index (χ0n) is 39.4. The van der Waals surface area contributed by atoms with Crippen molar-refractivity contribution in [3.63, 3.8) is 0 Å². The molecule has 0 fully saturated rings. The topological polar surface area (TPSA) is 39.2 Å². The van der Waals surface area contributed by atoms with E-state index in [9.17, 15) is 0 Å². The van der Waals surface area contributed by atoms with Crippen LogP contribution in [0.5, 0.6) is 0 Å².